The van der Waals surface area contributed by atoms with Gasteiger partial charge in [-0.3, -0.25) is 4.90 Å². The van der Waals surface area contributed by atoms with Crippen molar-refractivity contribution in [3.63, 3.8) is 0 Å². The minimum Gasteiger partial charge on any atom is -0.339 e. The Bertz CT molecular complexity index is 330. The fourth-order valence-electron chi connectivity index (χ4n) is 1.79. The Balaban J connectivity index is 1.99. The van der Waals surface area contributed by atoms with Crippen molar-refractivity contribution in [2.75, 3.05) is 38.7 Å². The molecule has 0 bridgehead atoms. The molecule has 0 radical (unpaired) electrons. The lowest BCUT2D eigenvalue weighted by atomic mass is 10.2. The second-order valence-electron chi connectivity index (χ2n) is 3.99. The van der Waals surface area contributed by atoms with Crippen molar-refractivity contribution >= 4 is 11.8 Å². The minimum atomic E-state index is 0.250. The summed E-state index contributed by atoms with van der Waals surface area (Å²) >= 11 is 1.79. The van der Waals surface area contributed by atoms with Gasteiger partial charge in [0.1, 0.15) is 0 Å². The molecule has 0 aliphatic carbocycles. The molecule has 1 aliphatic rings. The number of thioether (sulfide) groups is 1. The van der Waals surface area contributed by atoms with Gasteiger partial charge in [-0.15, -0.1) is 0 Å². The molecule has 1 fully saturated rings. The summed E-state index contributed by atoms with van der Waals surface area (Å²) in [4.78, 5) is 6.71. The van der Waals surface area contributed by atoms with Crippen molar-refractivity contribution in [1.82, 2.24) is 20.4 Å². The molecule has 1 unspecified atom stereocenters. The third-order valence-corrected chi connectivity index (χ3v) is 3.43. The lowest BCUT2D eigenvalue weighted by molar-refractivity contribution is 0.190. The predicted molar refractivity (Wildman–Crippen MR) is 64.6 cm³/mol. The molecule has 1 N–H and O–H groups in total. The first kappa shape index (κ1) is 11.9. The van der Waals surface area contributed by atoms with E-state index >= 15 is 0 Å². The van der Waals surface area contributed by atoms with E-state index in [9.17, 15) is 0 Å². The molecule has 6 heteroatoms. The van der Waals surface area contributed by atoms with Gasteiger partial charge in [-0.25, -0.2) is 0 Å². The maximum atomic E-state index is 5.24. The summed E-state index contributed by atoms with van der Waals surface area (Å²) < 4.78 is 5.24. The lowest BCUT2D eigenvalue weighted by Gasteiger charge is -2.30. The van der Waals surface area contributed by atoms with Gasteiger partial charge in [-0.05, 0) is 13.3 Å². The van der Waals surface area contributed by atoms with E-state index < -0.39 is 0 Å². The van der Waals surface area contributed by atoms with Crippen molar-refractivity contribution in [3.05, 3.63) is 11.7 Å². The highest BCUT2D eigenvalue weighted by atomic mass is 32.2. The number of hydrogen-bond donors (Lipinski definition) is 1. The molecule has 0 saturated carbocycles. The van der Waals surface area contributed by atoms with E-state index in [0.29, 0.717) is 0 Å². The monoisotopic (exact) mass is 242 g/mol. The van der Waals surface area contributed by atoms with E-state index in [4.69, 9.17) is 4.52 Å². The van der Waals surface area contributed by atoms with Crippen LogP contribution in [0.4, 0.5) is 0 Å². The summed E-state index contributed by atoms with van der Waals surface area (Å²) in [6.45, 7) is 2.96. The number of aromatic nitrogens is 2. The Morgan fingerprint density at radius 1 is 1.62 bits per heavy atom. The Kier molecular flexibility index (Phi) is 4.20. The highest BCUT2D eigenvalue weighted by Gasteiger charge is 2.24. The first-order chi connectivity index (χ1) is 7.81. The number of likely N-dealkylation sites (N-methyl/N-ethyl adjacent to an activating group) is 1. The van der Waals surface area contributed by atoms with E-state index in [1.54, 1.807) is 11.8 Å². The van der Waals surface area contributed by atoms with Crippen LogP contribution < -0.4 is 5.32 Å². The summed E-state index contributed by atoms with van der Waals surface area (Å²) in [5, 5.41) is 7.41. The van der Waals surface area contributed by atoms with Gasteiger partial charge in [0.2, 0.25) is 5.89 Å². The van der Waals surface area contributed by atoms with Gasteiger partial charge in [-0.2, -0.15) is 16.7 Å². The smallest absolute Gasteiger partial charge is 0.227 e. The first-order valence-electron chi connectivity index (χ1n) is 5.53. The van der Waals surface area contributed by atoms with Gasteiger partial charge in [-0.1, -0.05) is 5.16 Å². The second kappa shape index (κ2) is 5.65. The molecule has 0 aromatic carbocycles. The largest absolute Gasteiger partial charge is 0.339 e. The second-order valence-corrected chi connectivity index (χ2v) is 4.98. The van der Waals surface area contributed by atoms with Gasteiger partial charge < -0.3 is 9.84 Å². The molecule has 16 heavy (non-hydrogen) atoms. The molecule has 1 aliphatic heterocycles. The Hall–Kier alpha value is -0.590. The molecule has 2 heterocycles. The summed E-state index contributed by atoms with van der Waals surface area (Å²) in [5.41, 5.74) is 0. The first-order valence-corrected chi connectivity index (χ1v) is 6.93. The fourth-order valence-corrected chi connectivity index (χ4v) is 2.17. The van der Waals surface area contributed by atoms with Crippen LogP contribution in [0.5, 0.6) is 0 Å². The number of hydrogen-bond acceptors (Lipinski definition) is 6. The summed E-state index contributed by atoms with van der Waals surface area (Å²) in [6, 6.07) is 0.250. The van der Waals surface area contributed by atoms with Crippen molar-refractivity contribution in [3.8, 4) is 0 Å². The maximum absolute atomic E-state index is 5.24. The van der Waals surface area contributed by atoms with E-state index in [1.165, 1.54) is 0 Å². The van der Waals surface area contributed by atoms with Crippen LogP contribution in [0.15, 0.2) is 4.52 Å². The molecule has 1 aromatic rings. The number of nitrogens with zero attached hydrogens (tertiary/aromatic N) is 3. The number of piperazine rings is 1. The molecule has 5 nitrogen and oxygen atoms in total. The van der Waals surface area contributed by atoms with Crippen molar-refractivity contribution in [2.24, 2.45) is 0 Å². The Labute approximate surface area is 100.0 Å². The zero-order valence-electron chi connectivity index (χ0n) is 9.77. The molecule has 1 aromatic heterocycles. The number of aryl methyl sites for hydroxylation is 1. The topological polar surface area (TPSA) is 54.2 Å². The minimum absolute atomic E-state index is 0.250. The molecule has 0 spiro atoms. The average Bonchev–Trinajstić information content (AvgIpc) is 2.75. The Morgan fingerprint density at radius 3 is 3.25 bits per heavy atom. The predicted octanol–water partition coefficient (Wildman–Crippen LogP) is 0.551. The van der Waals surface area contributed by atoms with Crippen molar-refractivity contribution in [2.45, 2.75) is 12.5 Å². The molecule has 0 amide bonds. The normalized spacial score (nSPS) is 22.5. The van der Waals surface area contributed by atoms with Crippen molar-refractivity contribution < 1.29 is 4.52 Å². The summed E-state index contributed by atoms with van der Waals surface area (Å²) in [6.07, 6.45) is 2.94. The lowest BCUT2D eigenvalue weighted by Crippen LogP contribution is -2.44. The van der Waals surface area contributed by atoms with Crippen LogP contribution in [0.3, 0.4) is 0 Å². The van der Waals surface area contributed by atoms with Crippen LogP contribution in [0.25, 0.3) is 0 Å². The van der Waals surface area contributed by atoms with Crippen LogP contribution in [0, 0.1) is 0 Å². The van der Waals surface area contributed by atoms with Crippen LogP contribution >= 0.6 is 11.8 Å². The fraction of sp³-hybridized carbons (Fsp3) is 0.800. The molecule has 1 atom stereocenters. The van der Waals surface area contributed by atoms with Crippen molar-refractivity contribution in [1.29, 1.82) is 0 Å². The Morgan fingerprint density at radius 2 is 2.50 bits per heavy atom. The number of rotatable bonds is 4. The molecular formula is C10H18N4OS. The molecule has 2 rings (SSSR count). The summed E-state index contributed by atoms with van der Waals surface area (Å²) in [5.74, 6) is 2.59. The van der Waals surface area contributed by atoms with Gasteiger partial charge in [0, 0.05) is 31.8 Å². The molecule has 90 valence electrons. The quantitative estimate of drug-likeness (QED) is 0.832. The van der Waals surface area contributed by atoms with E-state index in [1.807, 2.05) is 0 Å². The van der Waals surface area contributed by atoms with Crippen LogP contribution in [0.1, 0.15) is 17.8 Å². The molecular weight excluding hydrogens is 224 g/mol. The maximum Gasteiger partial charge on any atom is 0.227 e. The zero-order valence-corrected chi connectivity index (χ0v) is 10.6. The van der Waals surface area contributed by atoms with Crippen LogP contribution in [-0.2, 0) is 6.42 Å². The van der Waals surface area contributed by atoms with Crippen LogP contribution in [0.2, 0.25) is 0 Å². The highest BCUT2D eigenvalue weighted by molar-refractivity contribution is 7.98. The van der Waals surface area contributed by atoms with Crippen LogP contribution in [-0.4, -0.2) is 53.7 Å². The number of nitrogens with one attached hydrogen (secondary N) is 1. The SMILES string of the molecule is CSCCc1nc(C2CNCCN2C)no1. The van der Waals surface area contributed by atoms with Gasteiger partial charge >= 0.3 is 0 Å². The van der Waals surface area contributed by atoms with E-state index in [2.05, 4.69) is 33.7 Å². The zero-order chi connectivity index (χ0) is 11.4. The average molecular weight is 242 g/mol. The van der Waals surface area contributed by atoms with Gasteiger partial charge in [0.05, 0.1) is 6.04 Å². The van der Waals surface area contributed by atoms with Gasteiger partial charge in [0.15, 0.2) is 5.82 Å². The molecule has 1 saturated heterocycles. The third-order valence-electron chi connectivity index (χ3n) is 2.81. The highest BCUT2D eigenvalue weighted by Crippen LogP contribution is 2.17. The van der Waals surface area contributed by atoms with E-state index in [-0.39, 0.29) is 6.04 Å². The van der Waals surface area contributed by atoms with Gasteiger partial charge in [0.25, 0.3) is 0 Å². The standard InChI is InChI=1S/C10H18N4OS/c1-14-5-4-11-7-8(14)10-12-9(15-13-10)3-6-16-2/h8,11H,3-7H2,1-2H3. The van der Waals surface area contributed by atoms with E-state index in [0.717, 1.165) is 43.5 Å². The summed E-state index contributed by atoms with van der Waals surface area (Å²) in [7, 11) is 2.10. The third kappa shape index (κ3) is 2.75.